The van der Waals surface area contributed by atoms with Crippen molar-refractivity contribution in [1.82, 2.24) is 19.9 Å². The van der Waals surface area contributed by atoms with E-state index in [0.717, 1.165) is 28.3 Å². The highest BCUT2D eigenvalue weighted by Crippen LogP contribution is 2.38. The summed E-state index contributed by atoms with van der Waals surface area (Å²) in [5.41, 5.74) is -0.799. The van der Waals surface area contributed by atoms with E-state index in [2.05, 4.69) is 9.97 Å². The van der Waals surface area contributed by atoms with Crippen LogP contribution in [0.25, 0.3) is 0 Å². The Balaban J connectivity index is 1.74. The lowest BCUT2D eigenvalue weighted by atomic mass is 9.96. The van der Waals surface area contributed by atoms with E-state index in [-0.39, 0.29) is 12.1 Å². The van der Waals surface area contributed by atoms with Crippen molar-refractivity contribution in [2.45, 2.75) is 24.8 Å². The first-order chi connectivity index (χ1) is 13.8. The summed E-state index contributed by atoms with van der Waals surface area (Å²) in [6.07, 6.45) is 2.64. The largest absolute Gasteiger partial charge is 0.416 e. The smallest absolute Gasteiger partial charge is 0.347 e. The van der Waals surface area contributed by atoms with Crippen molar-refractivity contribution in [3.63, 3.8) is 0 Å². The highest BCUT2D eigenvalue weighted by Gasteiger charge is 2.45. The number of rotatable bonds is 3. The third-order valence-corrected chi connectivity index (χ3v) is 5.87. The summed E-state index contributed by atoms with van der Waals surface area (Å²) >= 11 is 7.11. The third-order valence-electron chi connectivity index (χ3n) is 4.73. The molecule has 0 aliphatic carbocycles. The van der Waals surface area contributed by atoms with Crippen LogP contribution in [-0.2, 0) is 17.4 Å². The lowest BCUT2D eigenvalue weighted by Crippen LogP contribution is -2.57. The Kier molecular flexibility index (Phi) is 5.19. The Labute approximate surface area is 172 Å². The number of nitrogens with zero attached hydrogens (tertiary/aromatic N) is 4. The first-order valence-electron chi connectivity index (χ1n) is 8.54. The van der Waals surface area contributed by atoms with Gasteiger partial charge in [-0.25, -0.2) is 4.98 Å². The maximum absolute atomic E-state index is 13.1. The molecule has 0 aromatic carbocycles. The van der Waals surface area contributed by atoms with Crippen LogP contribution >= 0.6 is 22.9 Å². The molecule has 2 aromatic rings. The lowest BCUT2D eigenvalue weighted by Gasteiger charge is -2.46. The standard InChI is InChI=1S/C18H14ClF3N4O2S/c19-17-24-9-11(29-17)8-14-25-6-2-1-3-13(25)16(27)15(26(14)28)12-7-10(4-5-23-12)18(20,21)22/h1-5,7,9,14-15,28H,6,8H2. The molecule has 0 saturated carbocycles. The van der Waals surface area contributed by atoms with Gasteiger partial charge in [0.25, 0.3) is 0 Å². The van der Waals surface area contributed by atoms with Gasteiger partial charge in [-0.1, -0.05) is 23.8 Å². The monoisotopic (exact) mass is 442 g/mol. The van der Waals surface area contributed by atoms with E-state index in [9.17, 15) is 23.2 Å². The Morgan fingerprint density at radius 2 is 2.14 bits per heavy atom. The fourth-order valence-electron chi connectivity index (χ4n) is 3.41. The van der Waals surface area contributed by atoms with E-state index < -0.39 is 29.7 Å². The molecule has 2 aliphatic rings. The Morgan fingerprint density at radius 3 is 2.83 bits per heavy atom. The van der Waals surface area contributed by atoms with Crippen LogP contribution < -0.4 is 0 Å². The first kappa shape index (κ1) is 20.0. The van der Waals surface area contributed by atoms with Crippen molar-refractivity contribution >= 4 is 28.7 Å². The van der Waals surface area contributed by atoms with Gasteiger partial charge in [-0.2, -0.15) is 18.2 Å². The van der Waals surface area contributed by atoms with E-state index >= 15 is 0 Å². The van der Waals surface area contributed by atoms with Crippen LogP contribution in [0.5, 0.6) is 0 Å². The molecule has 0 bridgehead atoms. The van der Waals surface area contributed by atoms with Crippen molar-refractivity contribution in [1.29, 1.82) is 0 Å². The molecule has 1 fully saturated rings. The minimum atomic E-state index is -4.59. The van der Waals surface area contributed by atoms with E-state index in [1.165, 1.54) is 11.3 Å². The van der Waals surface area contributed by atoms with Crippen LogP contribution in [0.1, 0.15) is 22.2 Å². The number of hydroxylamine groups is 2. The van der Waals surface area contributed by atoms with Crippen LogP contribution in [0, 0.1) is 0 Å². The molecule has 0 amide bonds. The van der Waals surface area contributed by atoms with Crippen LogP contribution in [0.4, 0.5) is 13.2 Å². The number of thiazole rings is 1. The van der Waals surface area contributed by atoms with E-state index in [4.69, 9.17) is 11.6 Å². The van der Waals surface area contributed by atoms with Crippen LogP contribution in [-0.4, -0.2) is 43.6 Å². The number of carbonyl (C=O) groups excluding carboxylic acids is 1. The van der Waals surface area contributed by atoms with Crippen molar-refractivity contribution < 1.29 is 23.2 Å². The molecule has 2 atom stereocenters. The highest BCUT2D eigenvalue weighted by atomic mass is 35.5. The Hall–Kier alpha value is -2.27. The number of halogens is 4. The van der Waals surface area contributed by atoms with Crippen molar-refractivity contribution in [2.75, 3.05) is 6.54 Å². The molecule has 0 radical (unpaired) electrons. The number of hydrogen-bond acceptors (Lipinski definition) is 7. The van der Waals surface area contributed by atoms with E-state index in [1.54, 1.807) is 23.2 Å². The Morgan fingerprint density at radius 1 is 1.34 bits per heavy atom. The van der Waals surface area contributed by atoms with Gasteiger partial charge in [0.1, 0.15) is 12.2 Å². The second kappa shape index (κ2) is 7.52. The van der Waals surface area contributed by atoms with Gasteiger partial charge in [-0.05, 0) is 18.2 Å². The zero-order valence-corrected chi connectivity index (χ0v) is 16.2. The maximum atomic E-state index is 13.1. The predicted octanol–water partition coefficient (Wildman–Crippen LogP) is 3.85. The number of hydrogen-bond donors (Lipinski definition) is 1. The van der Waals surface area contributed by atoms with Crippen molar-refractivity contribution in [2.24, 2.45) is 0 Å². The summed E-state index contributed by atoms with van der Waals surface area (Å²) in [7, 11) is 0. The maximum Gasteiger partial charge on any atom is 0.416 e. The van der Waals surface area contributed by atoms with Crippen LogP contribution in [0.3, 0.4) is 0 Å². The van der Waals surface area contributed by atoms with E-state index in [0.29, 0.717) is 16.7 Å². The molecule has 2 aromatic heterocycles. The van der Waals surface area contributed by atoms with Gasteiger partial charge in [-0.3, -0.25) is 9.78 Å². The molecule has 6 nitrogen and oxygen atoms in total. The predicted molar refractivity (Wildman–Crippen MR) is 99.2 cm³/mol. The summed E-state index contributed by atoms with van der Waals surface area (Å²) in [6.45, 7) is 0.370. The second-order valence-electron chi connectivity index (χ2n) is 6.51. The molecule has 29 heavy (non-hydrogen) atoms. The normalized spacial score (nSPS) is 22.6. The molecule has 152 valence electrons. The number of ketones is 1. The molecule has 2 unspecified atom stereocenters. The highest BCUT2D eigenvalue weighted by molar-refractivity contribution is 7.15. The minimum Gasteiger partial charge on any atom is -0.347 e. The minimum absolute atomic E-state index is 0.172. The second-order valence-corrected chi connectivity index (χ2v) is 8.21. The zero-order chi connectivity index (χ0) is 20.8. The topological polar surface area (TPSA) is 69.6 Å². The van der Waals surface area contributed by atoms with E-state index in [1.807, 2.05) is 6.08 Å². The molecule has 1 saturated heterocycles. The SMILES string of the molecule is O=C1C2=CC=CCN2C(Cc2cnc(Cl)s2)N(O)C1c1cc(C(F)(F)F)ccn1. The number of aromatic nitrogens is 2. The molecule has 1 N–H and O–H groups in total. The number of carbonyl (C=O) groups is 1. The number of pyridine rings is 1. The fraction of sp³-hybridized carbons (Fsp3) is 0.278. The lowest BCUT2D eigenvalue weighted by molar-refractivity contribution is -0.210. The van der Waals surface area contributed by atoms with Gasteiger partial charge >= 0.3 is 6.18 Å². The number of alkyl halides is 3. The summed E-state index contributed by atoms with van der Waals surface area (Å²) in [4.78, 5) is 23.4. The summed E-state index contributed by atoms with van der Waals surface area (Å²) in [5, 5.41) is 11.7. The third kappa shape index (κ3) is 3.80. The number of allylic oxidation sites excluding steroid dienone is 2. The fourth-order valence-corrected chi connectivity index (χ4v) is 4.42. The summed E-state index contributed by atoms with van der Waals surface area (Å²) in [5.74, 6) is -0.526. The average Bonchev–Trinajstić information content (AvgIpc) is 3.10. The zero-order valence-electron chi connectivity index (χ0n) is 14.7. The molecular formula is C18H14ClF3N4O2S. The average molecular weight is 443 g/mol. The first-order valence-corrected chi connectivity index (χ1v) is 9.73. The number of fused-ring (bicyclic) bond motifs is 1. The molecule has 0 spiro atoms. The number of Topliss-reactive ketones (excluding diaryl/α,β-unsaturated/α-hetero) is 1. The van der Waals surface area contributed by atoms with Crippen molar-refractivity contribution in [3.8, 4) is 0 Å². The summed E-state index contributed by atoms with van der Waals surface area (Å²) in [6, 6.07) is 0.255. The van der Waals surface area contributed by atoms with Crippen LogP contribution in [0.15, 0.2) is 48.5 Å². The summed E-state index contributed by atoms with van der Waals surface area (Å²) < 4.78 is 39.7. The molecule has 4 rings (SSSR count). The molecule has 11 heteroatoms. The van der Waals surface area contributed by atoms with Gasteiger partial charge < -0.3 is 10.1 Å². The van der Waals surface area contributed by atoms with Gasteiger partial charge in [0.2, 0.25) is 5.78 Å². The van der Waals surface area contributed by atoms with Gasteiger partial charge in [0, 0.05) is 30.2 Å². The van der Waals surface area contributed by atoms with Gasteiger partial charge in [0.15, 0.2) is 4.47 Å². The molecule has 2 aliphatic heterocycles. The van der Waals surface area contributed by atoms with Gasteiger partial charge in [-0.15, -0.1) is 11.3 Å². The van der Waals surface area contributed by atoms with Gasteiger partial charge in [0.05, 0.1) is 17.0 Å². The Bertz CT molecular complexity index is 1010. The van der Waals surface area contributed by atoms with Crippen LogP contribution in [0.2, 0.25) is 4.47 Å². The quantitative estimate of drug-likeness (QED) is 0.778. The molecule has 4 heterocycles. The molecular weight excluding hydrogens is 429 g/mol. The van der Waals surface area contributed by atoms with Crippen molar-refractivity contribution in [3.05, 3.63) is 69.1 Å².